The molecule has 1 atom stereocenters. The van der Waals surface area contributed by atoms with Crippen molar-refractivity contribution in [3.8, 4) is 11.5 Å². The van der Waals surface area contributed by atoms with Crippen LogP contribution < -0.4 is 4.18 Å². The zero-order valence-corrected chi connectivity index (χ0v) is 18.2. The first kappa shape index (κ1) is 23.8. The summed E-state index contributed by atoms with van der Waals surface area (Å²) in [5, 5.41) is 9.34. The van der Waals surface area contributed by atoms with Crippen LogP contribution in [0.2, 0.25) is 0 Å². The minimum Gasteiger partial charge on any atom is -0.508 e. The van der Waals surface area contributed by atoms with Gasteiger partial charge in [0.2, 0.25) is 0 Å². The van der Waals surface area contributed by atoms with Gasteiger partial charge in [-0.05, 0) is 31.9 Å². The SMILES string of the molecule is CCCCCCCCC(CCCCCC)S(=O)(=O)Oc1cccc(O)c1C. The van der Waals surface area contributed by atoms with E-state index in [1.54, 1.807) is 19.1 Å². The minimum atomic E-state index is -3.71. The van der Waals surface area contributed by atoms with Crippen LogP contribution in [0.15, 0.2) is 18.2 Å². The highest BCUT2D eigenvalue weighted by Gasteiger charge is 2.27. The molecular weight excluding hydrogens is 360 g/mol. The summed E-state index contributed by atoms with van der Waals surface area (Å²) in [5.74, 6) is 0.287. The molecule has 5 heteroatoms. The summed E-state index contributed by atoms with van der Waals surface area (Å²) < 4.78 is 31.2. The second kappa shape index (κ2) is 13.0. The lowest BCUT2D eigenvalue weighted by molar-refractivity contribution is 0.438. The zero-order valence-electron chi connectivity index (χ0n) is 17.4. The van der Waals surface area contributed by atoms with Crippen molar-refractivity contribution in [1.29, 1.82) is 0 Å². The zero-order chi connectivity index (χ0) is 20.1. The van der Waals surface area contributed by atoms with Crippen molar-refractivity contribution in [2.45, 2.75) is 103 Å². The van der Waals surface area contributed by atoms with E-state index in [2.05, 4.69) is 13.8 Å². The van der Waals surface area contributed by atoms with E-state index in [0.717, 1.165) is 38.5 Å². The molecule has 0 amide bonds. The molecule has 4 nitrogen and oxygen atoms in total. The maximum absolute atomic E-state index is 12.9. The van der Waals surface area contributed by atoms with Gasteiger partial charge in [0, 0.05) is 5.56 Å². The molecule has 1 N–H and O–H groups in total. The van der Waals surface area contributed by atoms with E-state index in [-0.39, 0.29) is 11.5 Å². The van der Waals surface area contributed by atoms with Crippen molar-refractivity contribution in [1.82, 2.24) is 0 Å². The summed E-state index contributed by atoms with van der Waals surface area (Å²) in [6.45, 7) is 6.02. The van der Waals surface area contributed by atoms with Gasteiger partial charge < -0.3 is 9.29 Å². The second-order valence-electron chi connectivity index (χ2n) is 7.50. The number of unbranched alkanes of at least 4 members (excludes halogenated alkanes) is 8. The summed E-state index contributed by atoms with van der Waals surface area (Å²) in [7, 11) is -3.71. The van der Waals surface area contributed by atoms with Gasteiger partial charge in [0.15, 0.2) is 0 Å². The molecule has 0 aliphatic carbocycles. The molecule has 156 valence electrons. The maximum atomic E-state index is 12.9. The second-order valence-corrected chi connectivity index (χ2v) is 9.32. The Balaban J connectivity index is 2.70. The average molecular weight is 399 g/mol. The van der Waals surface area contributed by atoms with Gasteiger partial charge in [0.1, 0.15) is 11.5 Å². The highest BCUT2D eigenvalue weighted by Crippen LogP contribution is 2.29. The molecule has 1 aromatic carbocycles. The largest absolute Gasteiger partial charge is 0.508 e. The first-order valence-corrected chi connectivity index (χ1v) is 12.1. The van der Waals surface area contributed by atoms with Crippen LogP contribution in [0, 0.1) is 6.92 Å². The van der Waals surface area contributed by atoms with Crippen LogP contribution in [0.4, 0.5) is 0 Å². The molecule has 0 saturated carbocycles. The Morgan fingerprint density at radius 2 is 1.41 bits per heavy atom. The molecule has 0 saturated heterocycles. The van der Waals surface area contributed by atoms with E-state index in [0.29, 0.717) is 18.4 Å². The summed E-state index contributed by atoms with van der Waals surface area (Å²) in [5.41, 5.74) is 0.463. The number of phenols is 1. The molecule has 0 radical (unpaired) electrons. The summed E-state index contributed by atoms with van der Waals surface area (Å²) in [4.78, 5) is 0. The molecule has 0 aliphatic rings. The van der Waals surface area contributed by atoms with E-state index < -0.39 is 15.4 Å². The van der Waals surface area contributed by atoms with Crippen LogP contribution in [0.5, 0.6) is 11.5 Å². The van der Waals surface area contributed by atoms with Gasteiger partial charge in [-0.3, -0.25) is 0 Å². The molecule has 0 heterocycles. The Bertz CT molecular complexity index is 625. The van der Waals surface area contributed by atoms with Gasteiger partial charge in [0.05, 0.1) is 5.25 Å². The number of phenolic OH excluding ortho intramolecular Hbond substituents is 1. The fourth-order valence-electron chi connectivity index (χ4n) is 3.27. The molecule has 0 aliphatic heterocycles. The van der Waals surface area contributed by atoms with Crippen molar-refractivity contribution in [2.24, 2.45) is 0 Å². The third kappa shape index (κ3) is 9.00. The fourth-order valence-corrected chi connectivity index (χ4v) is 4.75. The highest BCUT2D eigenvalue weighted by molar-refractivity contribution is 7.87. The quantitative estimate of drug-likeness (QED) is 0.270. The predicted molar refractivity (Wildman–Crippen MR) is 113 cm³/mol. The van der Waals surface area contributed by atoms with Crippen LogP contribution in [0.25, 0.3) is 0 Å². The molecule has 0 bridgehead atoms. The Kier molecular flexibility index (Phi) is 11.5. The van der Waals surface area contributed by atoms with Crippen LogP contribution in [0.3, 0.4) is 0 Å². The fraction of sp³-hybridized carbons (Fsp3) is 0.727. The van der Waals surface area contributed by atoms with Crippen LogP contribution in [-0.4, -0.2) is 18.8 Å². The van der Waals surface area contributed by atoms with Crippen molar-refractivity contribution < 1.29 is 17.7 Å². The Morgan fingerprint density at radius 3 is 2.00 bits per heavy atom. The third-order valence-corrected chi connectivity index (χ3v) is 6.83. The predicted octanol–water partition coefficient (Wildman–Crippen LogP) is 6.50. The number of aromatic hydroxyl groups is 1. The van der Waals surface area contributed by atoms with Gasteiger partial charge in [-0.25, -0.2) is 0 Å². The summed E-state index contributed by atoms with van der Waals surface area (Å²) in [6.07, 6.45) is 12.4. The van der Waals surface area contributed by atoms with Gasteiger partial charge in [0.25, 0.3) is 0 Å². The number of hydrogen-bond acceptors (Lipinski definition) is 4. The normalized spacial score (nSPS) is 12.9. The topological polar surface area (TPSA) is 63.6 Å². The lowest BCUT2D eigenvalue weighted by Crippen LogP contribution is -2.26. The number of benzene rings is 1. The summed E-state index contributed by atoms with van der Waals surface area (Å²) >= 11 is 0. The lowest BCUT2D eigenvalue weighted by Gasteiger charge is -2.19. The van der Waals surface area contributed by atoms with Crippen molar-refractivity contribution in [3.05, 3.63) is 23.8 Å². The maximum Gasteiger partial charge on any atom is 0.312 e. The van der Waals surface area contributed by atoms with E-state index in [9.17, 15) is 13.5 Å². The molecule has 0 aromatic heterocycles. The Labute approximate surface area is 166 Å². The standard InChI is InChI=1S/C22H38O4S/c1-4-6-8-10-11-13-16-20(15-12-9-7-5-2)27(24,25)26-22-18-14-17-21(23)19(22)3/h14,17-18,20,23H,4-13,15-16H2,1-3H3. The van der Waals surface area contributed by atoms with Crippen molar-refractivity contribution >= 4 is 10.1 Å². The first-order chi connectivity index (χ1) is 12.9. The molecular formula is C22H38O4S. The molecule has 1 aromatic rings. The van der Waals surface area contributed by atoms with E-state index in [1.807, 2.05) is 0 Å². The summed E-state index contributed by atoms with van der Waals surface area (Å²) in [6, 6.07) is 4.75. The first-order valence-electron chi connectivity index (χ1n) is 10.6. The molecule has 1 rings (SSSR count). The van der Waals surface area contributed by atoms with Crippen molar-refractivity contribution in [3.63, 3.8) is 0 Å². The number of hydrogen-bond donors (Lipinski definition) is 1. The van der Waals surface area contributed by atoms with Gasteiger partial charge >= 0.3 is 10.1 Å². The Morgan fingerprint density at radius 1 is 0.889 bits per heavy atom. The van der Waals surface area contributed by atoms with Crippen molar-refractivity contribution in [2.75, 3.05) is 0 Å². The van der Waals surface area contributed by atoms with Crippen LogP contribution in [-0.2, 0) is 10.1 Å². The monoisotopic (exact) mass is 398 g/mol. The molecule has 0 fully saturated rings. The Hall–Kier alpha value is -1.23. The van der Waals surface area contributed by atoms with Gasteiger partial charge in [-0.15, -0.1) is 0 Å². The highest BCUT2D eigenvalue weighted by atomic mass is 32.2. The van der Waals surface area contributed by atoms with E-state index in [1.165, 1.54) is 31.7 Å². The smallest absolute Gasteiger partial charge is 0.312 e. The van der Waals surface area contributed by atoms with E-state index >= 15 is 0 Å². The minimum absolute atomic E-state index is 0.0538. The molecule has 1 unspecified atom stereocenters. The molecule has 27 heavy (non-hydrogen) atoms. The van der Waals surface area contributed by atoms with E-state index in [4.69, 9.17) is 4.18 Å². The number of rotatable bonds is 15. The van der Waals surface area contributed by atoms with Crippen LogP contribution in [0.1, 0.15) is 96.5 Å². The van der Waals surface area contributed by atoms with Crippen LogP contribution >= 0.6 is 0 Å². The average Bonchev–Trinajstić information content (AvgIpc) is 2.63. The van der Waals surface area contributed by atoms with Gasteiger partial charge in [-0.1, -0.05) is 84.1 Å². The van der Waals surface area contributed by atoms with Gasteiger partial charge in [-0.2, -0.15) is 8.42 Å². The molecule has 0 spiro atoms. The third-order valence-electron chi connectivity index (χ3n) is 5.13. The lowest BCUT2D eigenvalue weighted by atomic mass is 10.0.